The van der Waals surface area contributed by atoms with Crippen LogP contribution in [0, 0.1) is 0 Å². The molecule has 0 amide bonds. The number of halogens is 2. The third kappa shape index (κ3) is 2.96. The summed E-state index contributed by atoms with van der Waals surface area (Å²) in [6.07, 6.45) is 3.47. The van der Waals surface area contributed by atoms with Gasteiger partial charge in [-0.2, -0.15) is 0 Å². The molecule has 0 aliphatic carbocycles. The number of hydrogen-bond acceptors (Lipinski definition) is 4. The van der Waals surface area contributed by atoms with Gasteiger partial charge in [-0.15, -0.1) is 0 Å². The lowest BCUT2D eigenvalue weighted by Crippen LogP contribution is -1.92. The number of rotatable bonds is 2. The first-order valence-electron chi connectivity index (χ1n) is 4.35. The van der Waals surface area contributed by atoms with Crippen LogP contribution in [0.15, 0.2) is 49.6 Å². The summed E-state index contributed by atoms with van der Waals surface area (Å²) in [6.45, 7) is 0. The lowest BCUT2D eigenvalue weighted by Gasteiger charge is -2.03. The third-order valence-corrected chi connectivity index (χ3v) is 3.63. The number of nitrogens with zero attached hydrogens (tertiary/aromatic N) is 2. The fourth-order valence-corrected chi connectivity index (χ4v) is 2.35. The maximum absolute atomic E-state index is 5.85. The van der Waals surface area contributed by atoms with Crippen molar-refractivity contribution in [2.24, 2.45) is 0 Å². The normalized spacial score (nSPS) is 10.4. The lowest BCUT2D eigenvalue weighted by molar-refractivity contribution is 1.09. The zero-order valence-corrected chi connectivity index (χ0v) is 12.0. The van der Waals surface area contributed by atoms with E-state index in [1.807, 2.05) is 18.2 Å². The van der Waals surface area contributed by atoms with Crippen LogP contribution in [0.25, 0.3) is 0 Å². The van der Waals surface area contributed by atoms with Crippen molar-refractivity contribution in [1.29, 1.82) is 0 Å². The van der Waals surface area contributed by atoms with Gasteiger partial charge < -0.3 is 5.73 Å². The van der Waals surface area contributed by atoms with Crippen molar-refractivity contribution in [2.75, 3.05) is 5.73 Å². The summed E-state index contributed by atoms with van der Waals surface area (Å²) in [5.41, 5.74) is 6.49. The maximum Gasteiger partial charge on any atom is 0.125 e. The van der Waals surface area contributed by atoms with E-state index in [1.165, 1.54) is 11.8 Å². The van der Waals surface area contributed by atoms with E-state index in [2.05, 4.69) is 41.8 Å². The quantitative estimate of drug-likeness (QED) is 0.886. The number of nitrogens with two attached hydrogens (primary N) is 1. The highest BCUT2D eigenvalue weighted by Gasteiger charge is 2.05. The smallest absolute Gasteiger partial charge is 0.125 e. The first kappa shape index (κ1) is 11.9. The molecule has 6 heteroatoms. The summed E-state index contributed by atoms with van der Waals surface area (Å²) in [4.78, 5) is 8.48. The average Bonchev–Trinajstić information content (AvgIpc) is 2.25. The molecule has 0 atom stereocenters. The number of hydrogen-bond donors (Lipinski definition) is 1. The highest BCUT2D eigenvalue weighted by atomic mass is 79.9. The fourth-order valence-electron chi connectivity index (χ4n) is 1.05. The third-order valence-electron chi connectivity index (χ3n) is 1.75. The lowest BCUT2D eigenvalue weighted by atomic mass is 10.4. The fraction of sp³-hybridized carbons (Fsp3) is 0. The predicted molar refractivity (Wildman–Crippen MR) is 72.4 cm³/mol. The van der Waals surface area contributed by atoms with Gasteiger partial charge in [-0.1, -0.05) is 0 Å². The molecule has 2 aromatic rings. The van der Waals surface area contributed by atoms with Crippen LogP contribution in [0.1, 0.15) is 0 Å². The average molecular weight is 361 g/mol. The van der Waals surface area contributed by atoms with Gasteiger partial charge in [0.1, 0.15) is 10.1 Å². The zero-order valence-electron chi connectivity index (χ0n) is 8.02. The second-order valence-corrected chi connectivity index (χ2v) is 5.81. The second-order valence-electron chi connectivity index (χ2n) is 2.96. The van der Waals surface area contributed by atoms with Crippen LogP contribution >= 0.6 is 43.6 Å². The van der Waals surface area contributed by atoms with Gasteiger partial charge in [-0.25, -0.2) is 9.97 Å². The molecule has 16 heavy (non-hydrogen) atoms. The van der Waals surface area contributed by atoms with Crippen molar-refractivity contribution in [3.05, 3.63) is 39.5 Å². The van der Waals surface area contributed by atoms with Gasteiger partial charge in [-0.05, 0) is 61.8 Å². The number of aromatic nitrogens is 2. The molecule has 0 unspecified atom stereocenters. The van der Waals surface area contributed by atoms with Crippen LogP contribution in [0.2, 0.25) is 0 Å². The topological polar surface area (TPSA) is 51.8 Å². The molecule has 0 spiro atoms. The first-order valence-corrected chi connectivity index (χ1v) is 6.76. The zero-order chi connectivity index (χ0) is 11.5. The van der Waals surface area contributed by atoms with Crippen LogP contribution in [-0.2, 0) is 0 Å². The molecule has 0 aliphatic rings. The first-order chi connectivity index (χ1) is 7.65. The van der Waals surface area contributed by atoms with E-state index in [0.29, 0.717) is 5.69 Å². The molecule has 2 N–H and O–H groups in total. The van der Waals surface area contributed by atoms with Gasteiger partial charge in [0, 0.05) is 21.3 Å². The Morgan fingerprint density at radius 1 is 1.06 bits per heavy atom. The molecule has 0 saturated heterocycles. The van der Waals surface area contributed by atoms with Gasteiger partial charge in [0.25, 0.3) is 0 Å². The Hall–Kier alpha value is -0.590. The van der Waals surface area contributed by atoms with E-state index in [-0.39, 0.29) is 0 Å². The number of anilines is 1. The van der Waals surface area contributed by atoms with E-state index >= 15 is 0 Å². The van der Waals surface area contributed by atoms with E-state index in [9.17, 15) is 0 Å². The van der Waals surface area contributed by atoms with Crippen LogP contribution in [0.3, 0.4) is 0 Å². The maximum atomic E-state index is 5.85. The molecule has 0 bridgehead atoms. The van der Waals surface area contributed by atoms with Crippen LogP contribution in [0.5, 0.6) is 0 Å². The minimum atomic E-state index is 0.643. The van der Waals surface area contributed by atoms with Gasteiger partial charge in [0.2, 0.25) is 0 Å². The molecular weight excluding hydrogens is 354 g/mol. The molecule has 3 nitrogen and oxygen atoms in total. The molecule has 2 aromatic heterocycles. The molecule has 0 aromatic carbocycles. The molecule has 2 heterocycles. The van der Waals surface area contributed by atoms with Crippen molar-refractivity contribution < 1.29 is 0 Å². The molecule has 2 rings (SSSR count). The standard InChI is InChI=1S/C10H7Br2N3S/c11-6-1-2-9(14-4-6)16-10-8(13)3-7(12)5-15-10/h1-5H,13H2. The van der Waals surface area contributed by atoms with Crippen LogP contribution in [0.4, 0.5) is 5.69 Å². The molecular formula is C10H7Br2N3S. The van der Waals surface area contributed by atoms with Crippen molar-refractivity contribution >= 4 is 49.3 Å². The Balaban J connectivity index is 2.23. The largest absolute Gasteiger partial charge is 0.397 e. The number of nitrogen functional groups attached to an aromatic ring is 1. The highest BCUT2D eigenvalue weighted by Crippen LogP contribution is 2.30. The van der Waals surface area contributed by atoms with Crippen LogP contribution in [-0.4, -0.2) is 9.97 Å². The second kappa shape index (κ2) is 5.16. The van der Waals surface area contributed by atoms with Gasteiger partial charge >= 0.3 is 0 Å². The molecule has 0 aliphatic heterocycles. The minimum absolute atomic E-state index is 0.643. The van der Waals surface area contributed by atoms with Gasteiger partial charge in [-0.3, -0.25) is 0 Å². The Morgan fingerprint density at radius 3 is 2.44 bits per heavy atom. The monoisotopic (exact) mass is 359 g/mol. The predicted octanol–water partition coefficient (Wildman–Crippen LogP) is 3.74. The Kier molecular flexibility index (Phi) is 3.83. The minimum Gasteiger partial charge on any atom is -0.397 e. The van der Waals surface area contributed by atoms with E-state index < -0.39 is 0 Å². The van der Waals surface area contributed by atoms with E-state index in [1.54, 1.807) is 12.4 Å². The number of pyridine rings is 2. The van der Waals surface area contributed by atoms with Gasteiger partial charge in [0.15, 0.2) is 0 Å². The molecule has 0 radical (unpaired) electrons. The summed E-state index contributed by atoms with van der Waals surface area (Å²) in [7, 11) is 0. The Bertz CT molecular complexity index is 502. The van der Waals surface area contributed by atoms with Crippen LogP contribution < -0.4 is 5.73 Å². The summed E-state index contributed by atoms with van der Waals surface area (Å²) < 4.78 is 1.83. The Morgan fingerprint density at radius 2 is 1.81 bits per heavy atom. The molecule has 82 valence electrons. The molecule has 0 fully saturated rings. The summed E-state index contributed by atoms with van der Waals surface area (Å²) in [6, 6.07) is 5.68. The van der Waals surface area contributed by atoms with Gasteiger partial charge in [0.05, 0.1) is 5.69 Å². The highest BCUT2D eigenvalue weighted by molar-refractivity contribution is 9.10. The van der Waals surface area contributed by atoms with E-state index in [4.69, 9.17) is 5.73 Å². The van der Waals surface area contributed by atoms with Crippen molar-refractivity contribution in [3.63, 3.8) is 0 Å². The SMILES string of the molecule is Nc1cc(Br)cnc1Sc1ccc(Br)cn1. The van der Waals surface area contributed by atoms with E-state index in [0.717, 1.165) is 19.0 Å². The Labute approximate surface area is 114 Å². The van der Waals surface area contributed by atoms with Crippen molar-refractivity contribution in [2.45, 2.75) is 10.1 Å². The van der Waals surface area contributed by atoms with Crippen molar-refractivity contribution in [3.8, 4) is 0 Å². The summed E-state index contributed by atoms with van der Waals surface area (Å²) in [5.74, 6) is 0. The van der Waals surface area contributed by atoms with Crippen molar-refractivity contribution in [1.82, 2.24) is 9.97 Å². The molecule has 0 saturated carbocycles. The summed E-state index contributed by atoms with van der Waals surface area (Å²) >= 11 is 8.10. The summed E-state index contributed by atoms with van der Waals surface area (Å²) in [5, 5.41) is 1.63.